The van der Waals surface area contributed by atoms with Crippen molar-refractivity contribution in [1.29, 1.82) is 5.26 Å². The molecule has 5 nitrogen and oxygen atoms in total. The summed E-state index contributed by atoms with van der Waals surface area (Å²) in [6, 6.07) is 9.62. The molecule has 0 amide bonds. The van der Waals surface area contributed by atoms with Crippen molar-refractivity contribution in [2.75, 3.05) is 13.6 Å². The number of carbonyl (C=O) groups is 1. The molecule has 2 atom stereocenters. The van der Waals surface area contributed by atoms with E-state index in [4.69, 9.17) is 15.1 Å². The SMILES string of the molecule is CN(Cc1cccc(C#N)c1)CC1CCC(C(=O)O)O1. The maximum Gasteiger partial charge on any atom is 0.332 e. The minimum absolute atomic E-state index is 0.0275. The minimum atomic E-state index is -0.878. The number of nitrogens with zero attached hydrogens (tertiary/aromatic N) is 2. The molecule has 1 aliphatic rings. The zero-order chi connectivity index (χ0) is 14.5. The molecule has 0 aliphatic carbocycles. The van der Waals surface area contributed by atoms with E-state index in [1.165, 1.54) is 0 Å². The molecule has 1 N–H and O–H groups in total. The lowest BCUT2D eigenvalue weighted by Gasteiger charge is -2.21. The number of benzene rings is 1. The number of rotatable bonds is 5. The fourth-order valence-electron chi connectivity index (χ4n) is 2.48. The molecular weight excluding hydrogens is 256 g/mol. The van der Waals surface area contributed by atoms with Gasteiger partial charge >= 0.3 is 5.97 Å². The van der Waals surface area contributed by atoms with Crippen LogP contribution in [0.3, 0.4) is 0 Å². The highest BCUT2D eigenvalue weighted by molar-refractivity contribution is 5.72. The van der Waals surface area contributed by atoms with Crippen LogP contribution < -0.4 is 0 Å². The lowest BCUT2D eigenvalue weighted by atomic mass is 10.1. The first-order valence-corrected chi connectivity index (χ1v) is 6.64. The maximum absolute atomic E-state index is 10.8. The molecule has 0 radical (unpaired) electrons. The summed E-state index contributed by atoms with van der Waals surface area (Å²) in [6.07, 6.45) is 0.674. The van der Waals surface area contributed by atoms with E-state index >= 15 is 0 Å². The fraction of sp³-hybridized carbons (Fsp3) is 0.467. The van der Waals surface area contributed by atoms with Crippen LogP contribution in [-0.2, 0) is 16.1 Å². The first kappa shape index (κ1) is 14.5. The quantitative estimate of drug-likeness (QED) is 0.883. The van der Waals surface area contributed by atoms with E-state index in [0.717, 1.165) is 12.0 Å². The van der Waals surface area contributed by atoms with Gasteiger partial charge in [-0.05, 0) is 37.6 Å². The van der Waals surface area contributed by atoms with E-state index in [-0.39, 0.29) is 6.10 Å². The molecule has 106 valence electrons. The number of nitriles is 1. The molecule has 1 fully saturated rings. The van der Waals surface area contributed by atoms with E-state index in [1.54, 1.807) is 6.07 Å². The van der Waals surface area contributed by atoms with E-state index in [9.17, 15) is 4.79 Å². The van der Waals surface area contributed by atoms with Gasteiger partial charge in [-0.15, -0.1) is 0 Å². The molecule has 20 heavy (non-hydrogen) atoms. The highest BCUT2D eigenvalue weighted by atomic mass is 16.5. The smallest absolute Gasteiger partial charge is 0.332 e. The molecule has 2 rings (SSSR count). The molecular formula is C15H18N2O3. The summed E-state index contributed by atoms with van der Waals surface area (Å²) >= 11 is 0. The Kier molecular flexibility index (Phi) is 4.72. The number of carboxylic acid groups (broad SMARTS) is 1. The van der Waals surface area contributed by atoms with Gasteiger partial charge in [0.25, 0.3) is 0 Å². The molecule has 0 aromatic heterocycles. The predicted molar refractivity (Wildman–Crippen MR) is 73.0 cm³/mol. The Morgan fingerprint density at radius 2 is 2.35 bits per heavy atom. The highest BCUT2D eigenvalue weighted by Crippen LogP contribution is 2.21. The van der Waals surface area contributed by atoms with E-state index < -0.39 is 12.1 Å². The second kappa shape index (κ2) is 6.51. The molecule has 0 spiro atoms. The van der Waals surface area contributed by atoms with Crippen molar-refractivity contribution in [2.45, 2.75) is 31.6 Å². The van der Waals surface area contributed by atoms with E-state index in [2.05, 4.69) is 11.0 Å². The van der Waals surface area contributed by atoms with Gasteiger partial charge in [0, 0.05) is 13.1 Å². The Bertz CT molecular complexity index is 524. The Morgan fingerprint density at radius 1 is 1.55 bits per heavy atom. The Morgan fingerprint density at radius 3 is 3.00 bits per heavy atom. The number of likely N-dealkylation sites (N-methyl/N-ethyl adjacent to an activating group) is 1. The average molecular weight is 274 g/mol. The van der Waals surface area contributed by atoms with Crippen molar-refractivity contribution in [3.8, 4) is 6.07 Å². The molecule has 0 bridgehead atoms. The van der Waals surface area contributed by atoms with Crippen molar-refractivity contribution in [2.24, 2.45) is 0 Å². The van der Waals surface area contributed by atoms with Gasteiger partial charge in [0.2, 0.25) is 0 Å². The first-order chi connectivity index (χ1) is 9.58. The third-order valence-corrected chi connectivity index (χ3v) is 3.41. The third kappa shape index (κ3) is 3.80. The zero-order valence-electron chi connectivity index (χ0n) is 11.5. The van der Waals surface area contributed by atoms with Crippen LogP contribution >= 0.6 is 0 Å². The fourth-order valence-corrected chi connectivity index (χ4v) is 2.48. The summed E-state index contributed by atoms with van der Waals surface area (Å²) in [5.41, 5.74) is 1.72. The largest absolute Gasteiger partial charge is 0.479 e. The summed E-state index contributed by atoms with van der Waals surface area (Å²) in [7, 11) is 1.97. The van der Waals surface area contributed by atoms with Crippen LogP contribution in [-0.4, -0.2) is 41.8 Å². The Balaban J connectivity index is 1.85. The van der Waals surface area contributed by atoms with Gasteiger partial charge in [-0.25, -0.2) is 4.79 Å². The van der Waals surface area contributed by atoms with Crippen LogP contribution in [0.2, 0.25) is 0 Å². The third-order valence-electron chi connectivity index (χ3n) is 3.41. The normalized spacial score (nSPS) is 21.9. The van der Waals surface area contributed by atoms with Crippen molar-refractivity contribution < 1.29 is 14.6 Å². The standard InChI is InChI=1S/C15H18N2O3/c1-17(9-12-4-2-3-11(7-12)8-16)10-13-5-6-14(20-13)15(18)19/h2-4,7,13-14H,5-6,9-10H2,1H3,(H,18,19). The van der Waals surface area contributed by atoms with Gasteiger partial charge in [0.1, 0.15) is 0 Å². The van der Waals surface area contributed by atoms with Crippen LogP contribution in [0.25, 0.3) is 0 Å². The molecule has 1 aliphatic heterocycles. The molecule has 1 aromatic rings. The molecule has 1 aromatic carbocycles. The Labute approximate surface area is 118 Å². The van der Waals surface area contributed by atoms with Gasteiger partial charge in [-0.2, -0.15) is 5.26 Å². The second-order valence-electron chi connectivity index (χ2n) is 5.17. The molecule has 1 saturated heterocycles. The average Bonchev–Trinajstić information content (AvgIpc) is 2.87. The van der Waals surface area contributed by atoms with Gasteiger partial charge in [-0.1, -0.05) is 12.1 Å². The number of hydrogen-bond acceptors (Lipinski definition) is 4. The molecule has 5 heteroatoms. The number of hydrogen-bond donors (Lipinski definition) is 1. The maximum atomic E-state index is 10.8. The van der Waals surface area contributed by atoms with Crippen molar-refractivity contribution in [3.05, 3.63) is 35.4 Å². The second-order valence-corrected chi connectivity index (χ2v) is 5.17. The summed E-state index contributed by atoms with van der Waals surface area (Å²) in [6.45, 7) is 1.41. The van der Waals surface area contributed by atoms with E-state index in [1.807, 2.05) is 25.2 Å². The number of aliphatic carboxylic acids is 1. The van der Waals surface area contributed by atoms with E-state index in [0.29, 0.717) is 25.1 Å². The monoisotopic (exact) mass is 274 g/mol. The summed E-state index contributed by atoms with van der Waals surface area (Å²) < 4.78 is 5.48. The highest BCUT2D eigenvalue weighted by Gasteiger charge is 2.30. The van der Waals surface area contributed by atoms with Crippen LogP contribution in [0.4, 0.5) is 0 Å². The lowest BCUT2D eigenvalue weighted by molar-refractivity contribution is -0.149. The van der Waals surface area contributed by atoms with Crippen LogP contribution in [0.15, 0.2) is 24.3 Å². The van der Waals surface area contributed by atoms with Gasteiger partial charge in [-0.3, -0.25) is 4.90 Å². The summed E-state index contributed by atoms with van der Waals surface area (Å²) in [5.74, 6) is -0.878. The van der Waals surface area contributed by atoms with Gasteiger partial charge in [0.15, 0.2) is 6.10 Å². The summed E-state index contributed by atoms with van der Waals surface area (Å²) in [4.78, 5) is 12.9. The van der Waals surface area contributed by atoms with Crippen molar-refractivity contribution in [1.82, 2.24) is 4.90 Å². The number of ether oxygens (including phenoxy) is 1. The molecule has 0 saturated carbocycles. The number of carboxylic acids is 1. The summed E-state index contributed by atoms with van der Waals surface area (Å²) in [5, 5.41) is 17.8. The molecule has 1 heterocycles. The minimum Gasteiger partial charge on any atom is -0.479 e. The Hall–Kier alpha value is -1.90. The predicted octanol–water partition coefficient (Wildman–Crippen LogP) is 1.62. The van der Waals surface area contributed by atoms with Crippen molar-refractivity contribution >= 4 is 5.97 Å². The lowest BCUT2D eigenvalue weighted by Crippen LogP contribution is -2.30. The topological polar surface area (TPSA) is 73.6 Å². The first-order valence-electron chi connectivity index (χ1n) is 6.64. The van der Waals surface area contributed by atoms with Crippen LogP contribution in [0, 0.1) is 11.3 Å². The van der Waals surface area contributed by atoms with Crippen LogP contribution in [0.5, 0.6) is 0 Å². The van der Waals surface area contributed by atoms with Gasteiger partial charge in [0.05, 0.1) is 17.7 Å². The van der Waals surface area contributed by atoms with Crippen LogP contribution in [0.1, 0.15) is 24.0 Å². The van der Waals surface area contributed by atoms with Crippen molar-refractivity contribution in [3.63, 3.8) is 0 Å². The molecule has 2 unspecified atom stereocenters. The van der Waals surface area contributed by atoms with Gasteiger partial charge < -0.3 is 9.84 Å². The zero-order valence-corrected chi connectivity index (χ0v) is 11.5.